The fraction of sp³-hybridized carbons (Fsp3) is 0.909. The highest BCUT2D eigenvalue weighted by Gasteiger charge is 2.09. The predicted molar refractivity (Wildman–Crippen MR) is 67.2 cm³/mol. The molecular formula is C11H25ClN2O. The van der Waals surface area contributed by atoms with Crippen LogP contribution in [0.5, 0.6) is 0 Å². The van der Waals surface area contributed by atoms with Crippen molar-refractivity contribution in [1.82, 2.24) is 5.32 Å². The molecule has 0 rings (SSSR count). The lowest BCUT2D eigenvalue weighted by Gasteiger charge is -2.12. The SMILES string of the molecule is CCC(CC)CC(=O)NCCC(C)N.Cl. The molecule has 15 heavy (non-hydrogen) atoms. The molecular weight excluding hydrogens is 212 g/mol. The molecule has 4 heteroatoms. The minimum atomic E-state index is 0. The highest BCUT2D eigenvalue weighted by Crippen LogP contribution is 2.11. The Morgan fingerprint density at radius 2 is 1.87 bits per heavy atom. The molecule has 0 aromatic rings. The molecule has 3 nitrogen and oxygen atoms in total. The van der Waals surface area contributed by atoms with Gasteiger partial charge in [-0.15, -0.1) is 12.4 Å². The second-order valence-corrected chi connectivity index (χ2v) is 4.00. The van der Waals surface area contributed by atoms with Crippen LogP contribution >= 0.6 is 12.4 Å². The van der Waals surface area contributed by atoms with Crippen LogP contribution in [0.1, 0.15) is 46.5 Å². The summed E-state index contributed by atoms with van der Waals surface area (Å²) in [6.45, 7) is 6.91. The topological polar surface area (TPSA) is 55.1 Å². The zero-order valence-electron chi connectivity index (χ0n) is 10.1. The molecule has 1 amide bonds. The quantitative estimate of drug-likeness (QED) is 0.711. The molecule has 1 unspecified atom stereocenters. The normalized spacial score (nSPS) is 12.1. The lowest BCUT2D eigenvalue weighted by atomic mass is 9.99. The van der Waals surface area contributed by atoms with Crippen molar-refractivity contribution in [3.63, 3.8) is 0 Å². The Kier molecular flexibility index (Phi) is 11.7. The lowest BCUT2D eigenvalue weighted by molar-refractivity contribution is -0.122. The van der Waals surface area contributed by atoms with E-state index in [1.807, 2.05) is 6.92 Å². The first-order valence-electron chi connectivity index (χ1n) is 5.62. The summed E-state index contributed by atoms with van der Waals surface area (Å²) in [5.74, 6) is 0.699. The summed E-state index contributed by atoms with van der Waals surface area (Å²) < 4.78 is 0. The molecule has 0 bridgehead atoms. The second kappa shape index (κ2) is 10.2. The van der Waals surface area contributed by atoms with E-state index in [-0.39, 0.29) is 24.4 Å². The van der Waals surface area contributed by atoms with Gasteiger partial charge in [-0.1, -0.05) is 26.7 Å². The fourth-order valence-corrected chi connectivity index (χ4v) is 1.35. The Balaban J connectivity index is 0. The Bertz CT molecular complexity index is 159. The van der Waals surface area contributed by atoms with Crippen LogP contribution in [0.2, 0.25) is 0 Å². The van der Waals surface area contributed by atoms with Gasteiger partial charge in [-0.3, -0.25) is 4.79 Å². The number of nitrogens with two attached hydrogens (primary N) is 1. The van der Waals surface area contributed by atoms with E-state index in [0.717, 1.165) is 19.3 Å². The van der Waals surface area contributed by atoms with Crippen molar-refractivity contribution < 1.29 is 4.79 Å². The van der Waals surface area contributed by atoms with Gasteiger partial charge < -0.3 is 11.1 Å². The van der Waals surface area contributed by atoms with Gasteiger partial charge in [0.05, 0.1) is 0 Å². The van der Waals surface area contributed by atoms with Gasteiger partial charge in [0.15, 0.2) is 0 Å². The van der Waals surface area contributed by atoms with Crippen LogP contribution in [-0.4, -0.2) is 18.5 Å². The highest BCUT2D eigenvalue weighted by atomic mass is 35.5. The van der Waals surface area contributed by atoms with Crippen molar-refractivity contribution in [2.24, 2.45) is 11.7 Å². The first kappa shape index (κ1) is 17.1. The van der Waals surface area contributed by atoms with Crippen molar-refractivity contribution in [3.8, 4) is 0 Å². The Labute approximate surface area is 99.6 Å². The van der Waals surface area contributed by atoms with Gasteiger partial charge in [0.25, 0.3) is 0 Å². The first-order chi connectivity index (χ1) is 6.60. The van der Waals surface area contributed by atoms with E-state index in [2.05, 4.69) is 19.2 Å². The first-order valence-corrected chi connectivity index (χ1v) is 5.62. The summed E-state index contributed by atoms with van der Waals surface area (Å²) in [6.07, 6.45) is 3.68. The number of nitrogens with one attached hydrogen (secondary N) is 1. The van der Waals surface area contributed by atoms with E-state index < -0.39 is 0 Å². The number of carbonyl (C=O) groups excluding carboxylic acids is 1. The summed E-state index contributed by atoms with van der Waals surface area (Å²) in [4.78, 5) is 11.4. The maximum absolute atomic E-state index is 11.4. The molecule has 0 fully saturated rings. The van der Waals surface area contributed by atoms with Gasteiger partial charge in [-0.25, -0.2) is 0 Å². The van der Waals surface area contributed by atoms with E-state index in [1.54, 1.807) is 0 Å². The summed E-state index contributed by atoms with van der Waals surface area (Å²) in [7, 11) is 0. The number of halogens is 1. The van der Waals surface area contributed by atoms with E-state index in [4.69, 9.17) is 5.73 Å². The molecule has 0 aliphatic rings. The van der Waals surface area contributed by atoms with Crippen LogP contribution < -0.4 is 11.1 Å². The Morgan fingerprint density at radius 3 is 2.27 bits per heavy atom. The van der Waals surface area contributed by atoms with E-state index in [9.17, 15) is 4.79 Å². The summed E-state index contributed by atoms with van der Waals surface area (Å²) in [5, 5.41) is 2.89. The van der Waals surface area contributed by atoms with Gasteiger partial charge in [0.1, 0.15) is 0 Å². The monoisotopic (exact) mass is 236 g/mol. The third kappa shape index (κ3) is 10.0. The van der Waals surface area contributed by atoms with Crippen molar-refractivity contribution in [2.75, 3.05) is 6.54 Å². The maximum Gasteiger partial charge on any atom is 0.220 e. The van der Waals surface area contributed by atoms with Crippen LogP contribution in [0, 0.1) is 5.92 Å². The zero-order chi connectivity index (χ0) is 11.0. The third-order valence-electron chi connectivity index (χ3n) is 2.55. The second-order valence-electron chi connectivity index (χ2n) is 4.00. The van der Waals surface area contributed by atoms with Crippen LogP contribution in [0.25, 0.3) is 0 Å². The van der Waals surface area contributed by atoms with E-state index in [0.29, 0.717) is 18.9 Å². The molecule has 0 aliphatic carbocycles. The molecule has 92 valence electrons. The van der Waals surface area contributed by atoms with E-state index in [1.165, 1.54) is 0 Å². The van der Waals surface area contributed by atoms with Crippen LogP contribution in [-0.2, 0) is 4.79 Å². The van der Waals surface area contributed by atoms with Gasteiger partial charge in [-0.2, -0.15) is 0 Å². The summed E-state index contributed by atoms with van der Waals surface area (Å²) in [5.41, 5.74) is 5.58. The molecule has 0 spiro atoms. The van der Waals surface area contributed by atoms with Gasteiger partial charge in [-0.05, 0) is 19.3 Å². The smallest absolute Gasteiger partial charge is 0.220 e. The van der Waals surface area contributed by atoms with Crippen molar-refractivity contribution in [3.05, 3.63) is 0 Å². The van der Waals surface area contributed by atoms with Gasteiger partial charge in [0, 0.05) is 19.0 Å². The summed E-state index contributed by atoms with van der Waals surface area (Å²) in [6, 6.07) is 0.170. The molecule has 3 N–H and O–H groups in total. The number of carbonyl (C=O) groups is 1. The maximum atomic E-state index is 11.4. The van der Waals surface area contributed by atoms with Crippen LogP contribution in [0.4, 0.5) is 0 Å². The molecule has 1 atom stereocenters. The molecule has 0 aromatic heterocycles. The number of hydrogen-bond acceptors (Lipinski definition) is 2. The number of amides is 1. The standard InChI is InChI=1S/C11H24N2O.ClH/c1-4-10(5-2)8-11(14)13-7-6-9(3)12;/h9-10H,4-8,12H2,1-3H3,(H,13,14);1H. The molecule has 0 saturated carbocycles. The molecule has 0 saturated heterocycles. The average molecular weight is 237 g/mol. The third-order valence-corrected chi connectivity index (χ3v) is 2.55. The van der Waals surface area contributed by atoms with E-state index >= 15 is 0 Å². The highest BCUT2D eigenvalue weighted by molar-refractivity contribution is 5.85. The number of rotatable bonds is 7. The van der Waals surface area contributed by atoms with Gasteiger partial charge in [0.2, 0.25) is 5.91 Å². The average Bonchev–Trinajstić information content (AvgIpc) is 2.13. The molecule has 0 radical (unpaired) electrons. The summed E-state index contributed by atoms with van der Waals surface area (Å²) >= 11 is 0. The minimum absolute atomic E-state index is 0. The van der Waals surface area contributed by atoms with Crippen LogP contribution in [0.3, 0.4) is 0 Å². The molecule has 0 aromatic carbocycles. The molecule has 0 heterocycles. The fourth-order valence-electron chi connectivity index (χ4n) is 1.35. The predicted octanol–water partition coefficient (Wildman–Crippen LogP) is 2.09. The van der Waals surface area contributed by atoms with Crippen molar-refractivity contribution in [2.45, 2.75) is 52.5 Å². The Hall–Kier alpha value is -0.280. The minimum Gasteiger partial charge on any atom is -0.356 e. The lowest BCUT2D eigenvalue weighted by Crippen LogP contribution is -2.30. The zero-order valence-corrected chi connectivity index (χ0v) is 10.9. The van der Waals surface area contributed by atoms with Crippen molar-refractivity contribution in [1.29, 1.82) is 0 Å². The van der Waals surface area contributed by atoms with Crippen LogP contribution in [0.15, 0.2) is 0 Å². The van der Waals surface area contributed by atoms with Gasteiger partial charge >= 0.3 is 0 Å². The molecule has 0 aliphatic heterocycles. The van der Waals surface area contributed by atoms with Crippen molar-refractivity contribution >= 4 is 18.3 Å². The number of hydrogen-bond donors (Lipinski definition) is 2. The Morgan fingerprint density at radius 1 is 1.33 bits per heavy atom. The largest absolute Gasteiger partial charge is 0.356 e.